The van der Waals surface area contributed by atoms with Crippen molar-refractivity contribution in [2.75, 3.05) is 37.7 Å². The van der Waals surface area contributed by atoms with Gasteiger partial charge >= 0.3 is 0 Å². The van der Waals surface area contributed by atoms with Crippen LogP contribution < -0.4 is 4.90 Å². The second-order valence-corrected chi connectivity index (χ2v) is 7.21. The van der Waals surface area contributed by atoms with Gasteiger partial charge in [-0.3, -0.25) is 4.90 Å². The second kappa shape index (κ2) is 7.07. The summed E-state index contributed by atoms with van der Waals surface area (Å²) in [5.74, 6) is 0.752. The highest BCUT2D eigenvalue weighted by Crippen LogP contribution is 2.30. The summed E-state index contributed by atoms with van der Waals surface area (Å²) < 4.78 is 5.90. The highest BCUT2D eigenvalue weighted by atomic mass is 32.1. The van der Waals surface area contributed by atoms with Crippen LogP contribution >= 0.6 is 11.3 Å². The fourth-order valence-electron chi connectivity index (χ4n) is 3.54. The van der Waals surface area contributed by atoms with Crippen LogP contribution in [0.4, 0.5) is 5.13 Å². The second-order valence-electron chi connectivity index (χ2n) is 6.12. The molecule has 0 saturated carbocycles. The van der Waals surface area contributed by atoms with Crippen LogP contribution in [0.15, 0.2) is 6.20 Å². The van der Waals surface area contributed by atoms with E-state index in [-0.39, 0.29) is 0 Å². The maximum Gasteiger partial charge on any atom is 0.185 e. The van der Waals surface area contributed by atoms with Crippen LogP contribution in [0.3, 0.4) is 0 Å². The SMILES string of the molecule is CCN(CC)c1ncc(CN2CC[C@@H]3OCCC[C@H]3C2)s1. The normalized spacial score (nSPS) is 26.6. The van der Waals surface area contributed by atoms with Crippen molar-refractivity contribution in [3.05, 3.63) is 11.1 Å². The van der Waals surface area contributed by atoms with E-state index in [0.29, 0.717) is 6.10 Å². The first-order valence-electron chi connectivity index (χ1n) is 8.33. The van der Waals surface area contributed by atoms with Crippen LogP contribution in [0.1, 0.15) is 38.0 Å². The van der Waals surface area contributed by atoms with E-state index >= 15 is 0 Å². The number of likely N-dealkylation sites (tertiary alicyclic amines) is 1. The first-order valence-corrected chi connectivity index (χ1v) is 9.15. The lowest BCUT2D eigenvalue weighted by Crippen LogP contribution is -2.45. The molecule has 1 aromatic heterocycles. The monoisotopic (exact) mass is 309 g/mol. The minimum Gasteiger partial charge on any atom is -0.378 e. The van der Waals surface area contributed by atoms with Gasteiger partial charge in [0.25, 0.3) is 0 Å². The third kappa shape index (κ3) is 3.58. The van der Waals surface area contributed by atoms with Gasteiger partial charge in [0, 0.05) is 50.4 Å². The van der Waals surface area contributed by atoms with Crippen LogP contribution in [-0.4, -0.2) is 48.8 Å². The summed E-state index contributed by atoms with van der Waals surface area (Å²) in [5.41, 5.74) is 0. The molecule has 0 unspecified atom stereocenters. The Labute approximate surface area is 132 Å². The molecule has 2 aliphatic heterocycles. The predicted molar refractivity (Wildman–Crippen MR) is 88.0 cm³/mol. The molecule has 0 amide bonds. The molecule has 2 fully saturated rings. The van der Waals surface area contributed by atoms with E-state index in [4.69, 9.17) is 4.74 Å². The Bertz CT molecular complexity index is 446. The molecule has 1 aromatic rings. The number of anilines is 1. The van der Waals surface area contributed by atoms with Crippen LogP contribution in [0.5, 0.6) is 0 Å². The van der Waals surface area contributed by atoms with Gasteiger partial charge in [-0.2, -0.15) is 0 Å². The minimum absolute atomic E-state index is 0.530. The molecule has 118 valence electrons. The summed E-state index contributed by atoms with van der Waals surface area (Å²) in [6, 6.07) is 0. The molecule has 5 heteroatoms. The Morgan fingerprint density at radius 3 is 3.05 bits per heavy atom. The van der Waals surface area contributed by atoms with Gasteiger partial charge in [-0.15, -0.1) is 11.3 Å². The smallest absolute Gasteiger partial charge is 0.185 e. The highest BCUT2D eigenvalue weighted by molar-refractivity contribution is 7.15. The summed E-state index contributed by atoms with van der Waals surface area (Å²) in [7, 11) is 0. The molecule has 2 aliphatic rings. The lowest BCUT2D eigenvalue weighted by Gasteiger charge is -2.40. The molecular weight excluding hydrogens is 282 g/mol. The number of hydrogen-bond donors (Lipinski definition) is 0. The summed E-state index contributed by atoms with van der Waals surface area (Å²) in [6.07, 6.45) is 6.38. The molecule has 4 nitrogen and oxygen atoms in total. The number of aromatic nitrogens is 1. The topological polar surface area (TPSA) is 28.6 Å². The Kier molecular flexibility index (Phi) is 5.14. The predicted octanol–water partition coefficient (Wildman–Crippen LogP) is 2.99. The van der Waals surface area contributed by atoms with Crippen molar-refractivity contribution in [1.82, 2.24) is 9.88 Å². The van der Waals surface area contributed by atoms with Gasteiger partial charge in [0.1, 0.15) is 0 Å². The fraction of sp³-hybridized carbons (Fsp3) is 0.812. The third-order valence-electron chi connectivity index (χ3n) is 4.75. The molecule has 0 spiro atoms. The number of rotatable bonds is 5. The summed E-state index contributed by atoms with van der Waals surface area (Å²) in [6.45, 7) is 10.9. The standard InChI is InChI=1S/C16H27N3OS/c1-3-19(4-2)16-17-10-14(21-16)12-18-8-7-15-13(11-18)6-5-9-20-15/h10,13,15H,3-9,11-12H2,1-2H3/t13-,15-/m0/s1. The summed E-state index contributed by atoms with van der Waals surface area (Å²) in [4.78, 5) is 10.9. The van der Waals surface area contributed by atoms with E-state index in [2.05, 4.69) is 34.8 Å². The number of nitrogens with zero attached hydrogens (tertiary/aromatic N) is 3. The van der Waals surface area contributed by atoms with E-state index in [0.717, 1.165) is 32.2 Å². The Hall–Kier alpha value is -0.650. The molecule has 0 bridgehead atoms. The van der Waals surface area contributed by atoms with Crippen molar-refractivity contribution in [1.29, 1.82) is 0 Å². The van der Waals surface area contributed by atoms with Crippen LogP contribution in [0.25, 0.3) is 0 Å². The van der Waals surface area contributed by atoms with Crippen molar-refractivity contribution in [3.8, 4) is 0 Å². The Morgan fingerprint density at radius 1 is 1.38 bits per heavy atom. The van der Waals surface area contributed by atoms with Gasteiger partial charge in [-0.05, 0) is 39.0 Å². The molecule has 0 aliphatic carbocycles. The van der Waals surface area contributed by atoms with E-state index < -0.39 is 0 Å². The number of ether oxygens (including phenoxy) is 1. The van der Waals surface area contributed by atoms with Crippen molar-refractivity contribution in [2.24, 2.45) is 5.92 Å². The molecule has 0 radical (unpaired) electrons. The van der Waals surface area contributed by atoms with E-state index in [1.165, 1.54) is 42.4 Å². The van der Waals surface area contributed by atoms with Gasteiger partial charge < -0.3 is 9.64 Å². The Balaban J connectivity index is 1.57. The number of thiazole rings is 1. The van der Waals surface area contributed by atoms with E-state index in [1.807, 2.05) is 11.3 Å². The minimum atomic E-state index is 0.530. The number of fused-ring (bicyclic) bond motifs is 1. The summed E-state index contributed by atoms with van der Waals surface area (Å²) in [5, 5.41) is 1.17. The maximum absolute atomic E-state index is 5.90. The zero-order chi connectivity index (χ0) is 14.7. The lowest BCUT2D eigenvalue weighted by atomic mass is 9.88. The van der Waals surface area contributed by atoms with Crippen LogP contribution in [0, 0.1) is 5.92 Å². The van der Waals surface area contributed by atoms with Gasteiger partial charge in [0.05, 0.1) is 6.10 Å². The fourth-order valence-corrected chi connectivity index (χ4v) is 4.62. The average molecular weight is 309 g/mol. The van der Waals surface area contributed by atoms with Gasteiger partial charge in [-0.1, -0.05) is 0 Å². The molecular formula is C16H27N3OS. The first kappa shape index (κ1) is 15.3. The Morgan fingerprint density at radius 2 is 2.24 bits per heavy atom. The molecule has 2 saturated heterocycles. The van der Waals surface area contributed by atoms with Gasteiger partial charge in [0.2, 0.25) is 0 Å². The molecule has 0 aromatic carbocycles. The van der Waals surface area contributed by atoms with Crippen molar-refractivity contribution in [3.63, 3.8) is 0 Å². The molecule has 0 N–H and O–H groups in total. The van der Waals surface area contributed by atoms with Gasteiger partial charge in [0.15, 0.2) is 5.13 Å². The third-order valence-corrected chi connectivity index (χ3v) is 5.80. The maximum atomic E-state index is 5.90. The zero-order valence-electron chi connectivity index (χ0n) is 13.3. The quantitative estimate of drug-likeness (QED) is 0.836. The average Bonchev–Trinajstić information content (AvgIpc) is 2.97. The first-order chi connectivity index (χ1) is 10.3. The number of piperidine rings is 1. The molecule has 21 heavy (non-hydrogen) atoms. The molecule has 2 atom stereocenters. The summed E-state index contributed by atoms with van der Waals surface area (Å²) >= 11 is 1.86. The lowest BCUT2D eigenvalue weighted by molar-refractivity contribution is -0.0674. The highest BCUT2D eigenvalue weighted by Gasteiger charge is 2.32. The zero-order valence-corrected chi connectivity index (χ0v) is 14.1. The number of hydrogen-bond acceptors (Lipinski definition) is 5. The van der Waals surface area contributed by atoms with E-state index in [9.17, 15) is 0 Å². The van der Waals surface area contributed by atoms with Crippen LogP contribution in [-0.2, 0) is 11.3 Å². The van der Waals surface area contributed by atoms with Crippen molar-refractivity contribution >= 4 is 16.5 Å². The largest absolute Gasteiger partial charge is 0.378 e. The molecule has 3 heterocycles. The van der Waals surface area contributed by atoms with E-state index in [1.54, 1.807) is 0 Å². The van der Waals surface area contributed by atoms with Crippen LogP contribution in [0.2, 0.25) is 0 Å². The van der Waals surface area contributed by atoms with Crippen molar-refractivity contribution in [2.45, 2.75) is 45.8 Å². The van der Waals surface area contributed by atoms with Gasteiger partial charge in [-0.25, -0.2) is 4.98 Å². The molecule has 3 rings (SSSR count). The van der Waals surface area contributed by atoms with Crippen molar-refractivity contribution < 1.29 is 4.74 Å².